The second-order valence-electron chi connectivity index (χ2n) is 21.5. The number of hydrogen-bond donors (Lipinski definition) is 4. The first-order valence-electron chi connectivity index (χ1n) is 27.7. The summed E-state index contributed by atoms with van der Waals surface area (Å²) in [6, 6.07) is 0. The number of hydrogen-bond acceptors (Lipinski definition) is 12. The Balaban J connectivity index is 0.791. The molecule has 4 amide bonds. The smallest absolute Gasteiger partial charge is 0.407 e. The number of ether oxygens (including phenoxy) is 8. The van der Waals surface area contributed by atoms with Crippen LogP contribution >= 0.6 is 0 Å². The number of alkyl carbamates (subject to hydrolysis) is 4. The molecular weight excluding hydrogens is 933 g/mol. The summed E-state index contributed by atoms with van der Waals surface area (Å²) < 4.78 is 47.3. The zero-order valence-corrected chi connectivity index (χ0v) is 43.0. The highest BCUT2D eigenvalue weighted by molar-refractivity contribution is 5.68. The summed E-state index contributed by atoms with van der Waals surface area (Å²) in [4.78, 5) is 50.8. The molecule has 8 rings (SSSR count). The summed E-state index contributed by atoms with van der Waals surface area (Å²) in [6.45, 7) is 3.66. The lowest BCUT2D eigenvalue weighted by atomic mass is 9.92. The standard InChI is InChI=1S/C57H80N4O12/c62-53(70-33-49-41-17-9-1-2-10-18-42(41)49)58-25-29-66-37-57(38-67-30-26-59-54(63)71-34-50-43-19-11-3-4-12-20-44(43)50,39-68-31-27-60-55(64)72-35-51-45-21-13-5-6-14-22-46(45)51)40-69-32-28-61-56(65)73-36-52-47-23-15-7-8-16-24-48(47)52/h41-52H,9-40H2,(H,58,62)(H,59,63)(H,60,64)(H,61,65)/t41-,42+,43-,44+,45-,46+,47-,48+,49?,50?,51?,52?,57?. The first kappa shape index (κ1) is 54.4. The van der Waals surface area contributed by atoms with E-state index in [0.29, 0.717) is 97.4 Å². The molecule has 4 N–H and O–H groups in total. The van der Waals surface area contributed by atoms with Gasteiger partial charge < -0.3 is 59.2 Å². The molecule has 8 aliphatic carbocycles. The number of rotatable bonds is 28. The molecule has 16 nitrogen and oxygen atoms in total. The SMILES string of the molecule is O=C(NCCOCC(COCCNC(=O)OCC1[C@H]2CCC#CCC[C@@H]12)(COCCNC(=O)OCC1[C@H]2CCC#CCC[C@@H]12)COCCNC(=O)OCC1[C@H]2CCC#CCC[C@@H]12)OCC1[C@H]2CCC#CCC[C@@H]12. The van der Waals surface area contributed by atoms with Gasteiger partial charge in [-0.2, -0.15) is 0 Å². The quantitative estimate of drug-likeness (QED) is 0.0369. The number of amides is 4. The second kappa shape index (κ2) is 28.7. The topological polar surface area (TPSA) is 190 Å². The van der Waals surface area contributed by atoms with Crippen LogP contribution in [0.1, 0.15) is 103 Å². The molecular formula is C57H80N4O12. The highest BCUT2D eigenvalue weighted by Crippen LogP contribution is 2.55. The van der Waals surface area contributed by atoms with Crippen LogP contribution in [0.4, 0.5) is 19.2 Å². The van der Waals surface area contributed by atoms with E-state index in [0.717, 1.165) is 103 Å². The summed E-state index contributed by atoms with van der Waals surface area (Å²) in [7, 11) is 0. The minimum Gasteiger partial charge on any atom is -0.449 e. The molecule has 0 aromatic carbocycles. The third kappa shape index (κ3) is 17.6. The molecule has 4 unspecified atom stereocenters. The van der Waals surface area contributed by atoms with Crippen LogP contribution in [-0.2, 0) is 37.9 Å². The maximum Gasteiger partial charge on any atom is 0.407 e. The monoisotopic (exact) mass is 1010 g/mol. The Morgan fingerprint density at radius 1 is 0.329 bits per heavy atom. The lowest BCUT2D eigenvalue weighted by molar-refractivity contribution is -0.105. The van der Waals surface area contributed by atoms with E-state index in [1.54, 1.807) is 0 Å². The summed E-state index contributed by atoms with van der Waals surface area (Å²) in [5.74, 6) is 32.0. The molecule has 73 heavy (non-hydrogen) atoms. The molecule has 0 heterocycles. The molecule has 8 aliphatic rings. The van der Waals surface area contributed by atoms with Crippen molar-refractivity contribution < 1.29 is 57.1 Å². The van der Waals surface area contributed by atoms with Gasteiger partial charge in [0.2, 0.25) is 0 Å². The van der Waals surface area contributed by atoms with Crippen molar-refractivity contribution in [3.8, 4) is 47.4 Å². The van der Waals surface area contributed by atoms with Crippen LogP contribution in [0.5, 0.6) is 0 Å². The maximum absolute atomic E-state index is 12.7. The summed E-state index contributed by atoms with van der Waals surface area (Å²) in [6.07, 6.45) is 13.8. The molecule has 4 saturated carbocycles. The van der Waals surface area contributed by atoms with Gasteiger partial charge in [-0.25, -0.2) is 19.2 Å². The number of fused-ring (bicyclic) bond motifs is 4. The highest BCUT2D eigenvalue weighted by Gasteiger charge is 2.52. The van der Waals surface area contributed by atoms with Gasteiger partial charge in [-0.05, 0) is 122 Å². The number of carbonyl (C=O) groups excluding carboxylic acids is 4. The van der Waals surface area contributed by atoms with Gasteiger partial charge in [-0.1, -0.05) is 0 Å². The highest BCUT2D eigenvalue weighted by atomic mass is 16.6. The lowest BCUT2D eigenvalue weighted by Crippen LogP contribution is -2.44. The summed E-state index contributed by atoms with van der Waals surface area (Å²) in [5, 5.41) is 11.3. The Hall–Kier alpha value is -4.84. The first-order valence-corrected chi connectivity index (χ1v) is 27.7. The van der Waals surface area contributed by atoms with Crippen LogP contribution < -0.4 is 21.3 Å². The molecule has 0 bridgehead atoms. The normalized spacial score (nSPS) is 30.5. The van der Waals surface area contributed by atoms with Gasteiger partial charge in [0.05, 0.1) is 84.7 Å². The van der Waals surface area contributed by atoms with Gasteiger partial charge in [0, 0.05) is 77.5 Å². The average molecular weight is 1010 g/mol. The maximum atomic E-state index is 12.7. The zero-order chi connectivity index (χ0) is 50.5. The Kier molecular flexibility index (Phi) is 21.4. The summed E-state index contributed by atoms with van der Waals surface area (Å²) >= 11 is 0. The van der Waals surface area contributed by atoms with Crippen molar-refractivity contribution in [3.63, 3.8) is 0 Å². The van der Waals surface area contributed by atoms with Crippen molar-refractivity contribution in [2.45, 2.75) is 103 Å². The summed E-state index contributed by atoms with van der Waals surface area (Å²) in [5.41, 5.74) is -0.873. The molecule has 0 aliphatic heterocycles. The Labute approximate surface area is 433 Å². The van der Waals surface area contributed by atoms with E-state index >= 15 is 0 Å². The zero-order valence-electron chi connectivity index (χ0n) is 43.0. The molecule has 0 spiro atoms. The third-order valence-corrected chi connectivity index (χ3v) is 16.7. The Morgan fingerprint density at radius 3 is 0.712 bits per heavy atom. The molecule has 4 fully saturated rings. The van der Waals surface area contributed by atoms with Crippen molar-refractivity contribution in [1.82, 2.24) is 21.3 Å². The largest absolute Gasteiger partial charge is 0.449 e. The molecule has 12 atom stereocenters. The number of nitrogens with one attached hydrogen (secondary N) is 4. The molecule has 0 aromatic rings. The van der Waals surface area contributed by atoms with Crippen LogP contribution in [0.15, 0.2) is 0 Å². The van der Waals surface area contributed by atoms with Gasteiger partial charge in [0.15, 0.2) is 0 Å². The van der Waals surface area contributed by atoms with Crippen LogP contribution in [0.25, 0.3) is 0 Å². The Morgan fingerprint density at radius 2 is 0.521 bits per heavy atom. The average Bonchev–Trinajstić information content (AvgIpc) is 4.31. The van der Waals surface area contributed by atoms with Gasteiger partial charge >= 0.3 is 24.4 Å². The fraction of sp³-hybridized carbons (Fsp3) is 0.789. The molecule has 400 valence electrons. The van der Waals surface area contributed by atoms with E-state index in [2.05, 4.69) is 68.6 Å². The van der Waals surface area contributed by atoms with E-state index in [-0.39, 0.29) is 79.0 Å². The van der Waals surface area contributed by atoms with E-state index in [9.17, 15) is 19.2 Å². The van der Waals surface area contributed by atoms with Gasteiger partial charge in [0.25, 0.3) is 0 Å². The molecule has 0 saturated heterocycles. The third-order valence-electron chi connectivity index (χ3n) is 16.7. The van der Waals surface area contributed by atoms with Crippen LogP contribution in [0.2, 0.25) is 0 Å². The molecule has 16 heteroatoms. The van der Waals surface area contributed by atoms with Crippen LogP contribution in [0.3, 0.4) is 0 Å². The van der Waals surface area contributed by atoms with Gasteiger partial charge in [-0.3, -0.25) is 0 Å². The van der Waals surface area contributed by atoms with Gasteiger partial charge in [0.1, 0.15) is 0 Å². The lowest BCUT2D eigenvalue weighted by Gasteiger charge is -2.33. The van der Waals surface area contributed by atoms with Crippen LogP contribution in [0, 0.1) is 124 Å². The molecule has 0 aromatic heterocycles. The van der Waals surface area contributed by atoms with E-state index < -0.39 is 29.8 Å². The van der Waals surface area contributed by atoms with Crippen molar-refractivity contribution in [1.29, 1.82) is 0 Å². The first-order chi connectivity index (χ1) is 35.9. The Bertz CT molecular complexity index is 1730. The predicted octanol–water partition coefficient (Wildman–Crippen LogP) is 6.70. The van der Waals surface area contributed by atoms with E-state index in [1.807, 2.05) is 0 Å². The minimum atomic E-state index is -0.873. The molecule has 0 radical (unpaired) electrons. The predicted molar refractivity (Wildman–Crippen MR) is 270 cm³/mol. The van der Waals surface area contributed by atoms with E-state index in [4.69, 9.17) is 37.9 Å². The van der Waals surface area contributed by atoms with Crippen molar-refractivity contribution in [3.05, 3.63) is 0 Å². The number of carbonyl (C=O) groups is 4. The van der Waals surface area contributed by atoms with Crippen molar-refractivity contribution in [2.24, 2.45) is 76.4 Å². The second-order valence-corrected chi connectivity index (χ2v) is 21.5. The minimum absolute atomic E-state index is 0.121. The van der Waals surface area contributed by atoms with Crippen molar-refractivity contribution in [2.75, 3.05) is 105 Å². The van der Waals surface area contributed by atoms with Gasteiger partial charge in [-0.15, -0.1) is 47.4 Å². The van der Waals surface area contributed by atoms with E-state index in [1.165, 1.54) is 0 Å². The van der Waals surface area contributed by atoms with Crippen LogP contribution in [-0.4, -0.2) is 130 Å². The van der Waals surface area contributed by atoms with Crippen molar-refractivity contribution >= 4 is 24.4 Å². The fourth-order valence-electron chi connectivity index (χ4n) is 12.3. The fourth-order valence-corrected chi connectivity index (χ4v) is 12.3.